The van der Waals surface area contributed by atoms with Crippen molar-refractivity contribution in [2.75, 3.05) is 13.1 Å². The Balaban J connectivity index is 2.43. The fourth-order valence-electron chi connectivity index (χ4n) is 2.02. The Bertz CT molecular complexity index is 715. The van der Waals surface area contributed by atoms with Gasteiger partial charge in [-0.1, -0.05) is 32.0 Å². The Kier molecular flexibility index (Phi) is 4.34. The molecule has 7 heteroatoms. The molecule has 6 nitrogen and oxygen atoms in total. The molecule has 0 aliphatic rings. The summed E-state index contributed by atoms with van der Waals surface area (Å²) in [5.74, 6) is -1.20. The molecule has 21 heavy (non-hydrogen) atoms. The van der Waals surface area contributed by atoms with Crippen LogP contribution < -0.4 is 0 Å². The van der Waals surface area contributed by atoms with Crippen LogP contribution >= 0.6 is 0 Å². The first-order chi connectivity index (χ1) is 9.80. The maximum atomic E-state index is 12.5. The summed E-state index contributed by atoms with van der Waals surface area (Å²) in [6, 6.07) is 8.34. The summed E-state index contributed by atoms with van der Waals surface area (Å²) < 4.78 is 31.4. The molecule has 114 valence electrons. The Hall–Kier alpha value is -1.86. The molecule has 0 bridgehead atoms. The second-order valence-electron chi connectivity index (χ2n) is 5.19. The van der Waals surface area contributed by atoms with Gasteiger partial charge in [0.2, 0.25) is 5.09 Å². The van der Waals surface area contributed by atoms with E-state index < -0.39 is 22.5 Å². The van der Waals surface area contributed by atoms with Gasteiger partial charge in [-0.15, -0.1) is 0 Å². The number of aliphatic carboxylic acids is 1. The molecule has 0 fully saturated rings. The van der Waals surface area contributed by atoms with E-state index in [-0.39, 0.29) is 17.6 Å². The lowest BCUT2D eigenvalue weighted by Gasteiger charge is -2.20. The molecule has 1 N–H and O–H groups in total. The van der Waals surface area contributed by atoms with E-state index in [0.29, 0.717) is 11.0 Å². The topological polar surface area (TPSA) is 87.8 Å². The van der Waals surface area contributed by atoms with Crippen LogP contribution in [0.5, 0.6) is 0 Å². The van der Waals surface area contributed by atoms with E-state index in [1.807, 2.05) is 13.8 Å². The van der Waals surface area contributed by atoms with E-state index >= 15 is 0 Å². The summed E-state index contributed by atoms with van der Waals surface area (Å²) in [7, 11) is -3.97. The van der Waals surface area contributed by atoms with Crippen LogP contribution in [0.15, 0.2) is 39.8 Å². The van der Waals surface area contributed by atoms with Crippen LogP contribution in [0.1, 0.15) is 13.8 Å². The number of rotatable bonds is 6. The highest BCUT2D eigenvalue weighted by molar-refractivity contribution is 7.89. The molecule has 2 aromatic rings. The number of hydrogen-bond donors (Lipinski definition) is 1. The number of nitrogens with zero attached hydrogens (tertiary/aromatic N) is 1. The zero-order valence-electron chi connectivity index (χ0n) is 11.8. The quantitative estimate of drug-likeness (QED) is 0.883. The normalized spacial score (nSPS) is 12.4. The number of sulfonamides is 1. The lowest BCUT2D eigenvalue weighted by Crippen LogP contribution is -2.38. The lowest BCUT2D eigenvalue weighted by molar-refractivity contribution is -0.137. The summed E-state index contributed by atoms with van der Waals surface area (Å²) in [6.07, 6.45) is 0. The standard InChI is InChI=1S/C14H17NO5S/c1-10(2)8-15(9-13(16)17)21(18,19)14-7-11-5-3-4-6-12(11)20-14/h3-7,10H,8-9H2,1-2H3,(H,16,17). The third-order valence-electron chi connectivity index (χ3n) is 2.88. The first-order valence-electron chi connectivity index (χ1n) is 6.51. The first kappa shape index (κ1) is 15.5. The van der Waals surface area contributed by atoms with Gasteiger partial charge in [0.15, 0.2) is 0 Å². The van der Waals surface area contributed by atoms with Gasteiger partial charge in [-0.3, -0.25) is 4.79 Å². The van der Waals surface area contributed by atoms with Crippen molar-refractivity contribution in [3.63, 3.8) is 0 Å². The largest absolute Gasteiger partial charge is 0.480 e. The number of carboxylic acid groups (broad SMARTS) is 1. The summed E-state index contributed by atoms with van der Waals surface area (Å²) >= 11 is 0. The molecule has 0 saturated heterocycles. The van der Waals surface area contributed by atoms with Gasteiger partial charge in [0, 0.05) is 18.0 Å². The minimum atomic E-state index is -3.97. The Labute approximate surface area is 123 Å². The number of hydrogen-bond acceptors (Lipinski definition) is 4. The van der Waals surface area contributed by atoms with E-state index in [4.69, 9.17) is 9.52 Å². The number of para-hydroxylation sites is 1. The highest BCUT2D eigenvalue weighted by atomic mass is 32.2. The van der Waals surface area contributed by atoms with Crippen molar-refractivity contribution >= 4 is 27.0 Å². The number of carboxylic acids is 1. The van der Waals surface area contributed by atoms with Crippen molar-refractivity contribution < 1.29 is 22.7 Å². The Morgan fingerprint density at radius 3 is 2.57 bits per heavy atom. The van der Waals surface area contributed by atoms with Gasteiger partial charge in [0.25, 0.3) is 10.0 Å². The Morgan fingerprint density at radius 2 is 2.00 bits per heavy atom. The number of carbonyl (C=O) groups is 1. The van der Waals surface area contributed by atoms with Crippen LogP contribution in [0.3, 0.4) is 0 Å². The predicted octanol–water partition coefficient (Wildman–Crippen LogP) is 2.16. The number of furan rings is 1. The SMILES string of the molecule is CC(C)CN(CC(=O)O)S(=O)(=O)c1cc2ccccc2o1. The predicted molar refractivity (Wildman–Crippen MR) is 77.4 cm³/mol. The summed E-state index contributed by atoms with van der Waals surface area (Å²) in [5.41, 5.74) is 0.455. The van der Waals surface area contributed by atoms with Gasteiger partial charge in [-0.2, -0.15) is 4.31 Å². The highest BCUT2D eigenvalue weighted by Crippen LogP contribution is 2.25. The van der Waals surface area contributed by atoms with Crippen LogP contribution in [0.25, 0.3) is 11.0 Å². The second-order valence-corrected chi connectivity index (χ2v) is 7.06. The molecule has 0 spiro atoms. The van der Waals surface area contributed by atoms with Gasteiger partial charge in [0.05, 0.1) is 0 Å². The number of fused-ring (bicyclic) bond motifs is 1. The monoisotopic (exact) mass is 311 g/mol. The van der Waals surface area contributed by atoms with Crippen LogP contribution in [0, 0.1) is 5.92 Å². The lowest BCUT2D eigenvalue weighted by atomic mass is 10.2. The van der Waals surface area contributed by atoms with Crippen molar-refractivity contribution in [1.29, 1.82) is 0 Å². The van der Waals surface area contributed by atoms with Gasteiger partial charge in [-0.25, -0.2) is 8.42 Å². The highest BCUT2D eigenvalue weighted by Gasteiger charge is 2.30. The fraction of sp³-hybridized carbons (Fsp3) is 0.357. The van der Waals surface area contributed by atoms with Gasteiger partial charge in [-0.05, 0) is 12.0 Å². The third kappa shape index (κ3) is 3.43. The minimum Gasteiger partial charge on any atom is -0.480 e. The molecule has 1 aromatic heterocycles. The van der Waals surface area contributed by atoms with Crippen LogP contribution in [0.4, 0.5) is 0 Å². The smallest absolute Gasteiger partial charge is 0.318 e. The molecule has 1 aromatic carbocycles. The van der Waals surface area contributed by atoms with Gasteiger partial charge < -0.3 is 9.52 Å². The summed E-state index contributed by atoms with van der Waals surface area (Å²) in [5, 5.41) is 9.34. The maximum Gasteiger partial charge on any atom is 0.318 e. The van der Waals surface area contributed by atoms with Crippen molar-refractivity contribution in [1.82, 2.24) is 4.31 Å². The number of benzene rings is 1. The molecule has 0 radical (unpaired) electrons. The molecular weight excluding hydrogens is 294 g/mol. The fourth-order valence-corrected chi connectivity index (χ4v) is 3.52. The summed E-state index contributed by atoms with van der Waals surface area (Å²) in [6.45, 7) is 3.18. The zero-order chi connectivity index (χ0) is 15.6. The molecule has 0 saturated carbocycles. The molecule has 1 heterocycles. The van der Waals surface area contributed by atoms with E-state index in [0.717, 1.165) is 4.31 Å². The zero-order valence-corrected chi connectivity index (χ0v) is 12.6. The average Bonchev–Trinajstić information content (AvgIpc) is 2.81. The molecular formula is C14H17NO5S. The van der Waals surface area contributed by atoms with Crippen LogP contribution in [0.2, 0.25) is 0 Å². The van der Waals surface area contributed by atoms with E-state index in [1.165, 1.54) is 6.07 Å². The maximum absolute atomic E-state index is 12.5. The molecule has 0 aliphatic carbocycles. The summed E-state index contributed by atoms with van der Waals surface area (Å²) in [4.78, 5) is 10.9. The van der Waals surface area contributed by atoms with E-state index in [2.05, 4.69) is 0 Å². The van der Waals surface area contributed by atoms with Gasteiger partial charge in [0.1, 0.15) is 12.1 Å². The van der Waals surface area contributed by atoms with Crippen LogP contribution in [-0.4, -0.2) is 36.9 Å². The molecule has 0 aliphatic heterocycles. The van der Waals surface area contributed by atoms with E-state index in [1.54, 1.807) is 24.3 Å². The molecule has 0 amide bonds. The van der Waals surface area contributed by atoms with Crippen molar-refractivity contribution in [3.05, 3.63) is 30.3 Å². The third-order valence-corrected chi connectivity index (χ3v) is 4.55. The minimum absolute atomic E-state index is 0.00324. The van der Waals surface area contributed by atoms with Crippen molar-refractivity contribution in [3.8, 4) is 0 Å². The van der Waals surface area contributed by atoms with Crippen molar-refractivity contribution in [2.24, 2.45) is 5.92 Å². The van der Waals surface area contributed by atoms with Crippen molar-refractivity contribution in [2.45, 2.75) is 18.9 Å². The Morgan fingerprint density at radius 1 is 1.33 bits per heavy atom. The molecule has 0 unspecified atom stereocenters. The van der Waals surface area contributed by atoms with Gasteiger partial charge >= 0.3 is 5.97 Å². The molecule has 2 rings (SSSR count). The molecule has 0 atom stereocenters. The van der Waals surface area contributed by atoms with Crippen LogP contribution in [-0.2, 0) is 14.8 Å². The second kappa shape index (κ2) is 5.87. The first-order valence-corrected chi connectivity index (χ1v) is 7.95. The van der Waals surface area contributed by atoms with E-state index in [9.17, 15) is 13.2 Å². The average molecular weight is 311 g/mol.